The van der Waals surface area contributed by atoms with Gasteiger partial charge in [0.15, 0.2) is 11.5 Å². The van der Waals surface area contributed by atoms with Crippen LogP contribution in [0.2, 0.25) is 0 Å². The summed E-state index contributed by atoms with van der Waals surface area (Å²) in [5.41, 5.74) is -0.0249. The Kier molecular flexibility index (Phi) is 6.92. The molecule has 150 valence electrons. The number of ether oxygens (including phenoxy) is 4. The number of esters is 1. The summed E-state index contributed by atoms with van der Waals surface area (Å²) in [6, 6.07) is 7.82. The van der Waals surface area contributed by atoms with Crippen molar-refractivity contribution in [3.8, 4) is 17.2 Å². The SMILES string of the molecule is COc1cc(OC)c(OC)cc1/C=C/C(=O)OCc1cccc(C(F)(F)F)c1. The number of rotatable bonds is 7. The lowest BCUT2D eigenvalue weighted by atomic mass is 10.1. The van der Waals surface area contributed by atoms with Crippen LogP contribution in [0.15, 0.2) is 42.5 Å². The molecule has 28 heavy (non-hydrogen) atoms. The van der Waals surface area contributed by atoms with Crippen molar-refractivity contribution in [2.24, 2.45) is 0 Å². The smallest absolute Gasteiger partial charge is 0.416 e. The highest BCUT2D eigenvalue weighted by molar-refractivity contribution is 5.87. The molecule has 0 bridgehead atoms. The molecule has 0 spiro atoms. The fourth-order valence-corrected chi connectivity index (χ4v) is 2.38. The van der Waals surface area contributed by atoms with Crippen molar-refractivity contribution in [2.45, 2.75) is 12.8 Å². The summed E-state index contributed by atoms with van der Waals surface area (Å²) in [5, 5.41) is 0. The molecule has 2 rings (SSSR count). The quantitative estimate of drug-likeness (QED) is 0.510. The largest absolute Gasteiger partial charge is 0.496 e. The zero-order valence-corrected chi connectivity index (χ0v) is 15.5. The van der Waals surface area contributed by atoms with Gasteiger partial charge >= 0.3 is 12.1 Å². The molecule has 0 atom stereocenters. The fourth-order valence-electron chi connectivity index (χ4n) is 2.38. The van der Waals surface area contributed by atoms with Crippen LogP contribution in [0.3, 0.4) is 0 Å². The number of carbonyl (C=O) groups excluding carboxylic acids is 1. The highest BCUT2D eigenvalue weighted by Gasteiger charge is 2.30. The fraction of sp³-hybridized carbons (Fsp3) is 0.250. The average molecular weight is 396 g/mol. The van der Waals surface area contributed by atoms with Crippen LogP contribution in [0.5, 0.6) is 17.2 Å². The predicted octanol–water partition coefficient (Wildman–Crippen LogP) is 4.49. The van der Waals surface area contributed by atoms with Crippen LogP contribution < -0.4 is 14.2 Å². The highest BCUT2D eigenvalue weighted by atomic mass is 19.4. The van der Waals surface area contributed by atoms with Gasteiger partial charge in [0.1, 0.15) is 12.4 Å². The first-order chi connectivity index (χ1) is 13.3. The Morgan fingerprint density at radius 1 is 0.964 bits per heavy atom. The lowest BCUT2D eigenvalue weighted by Gasteiger charge is -2.12. The first kappa shape index (κ1) is 21.1. The molecular formula is C20H19F3O5. The van der Waals surface area contributed by atoms with E-state index in [1.807, 2.05) is 0 Å². The first-order valence-corrected chi connectivity index (χ1v) is 8.09. The van der Waals surface area contributed by atoms with Crippen molar-refractivity contribution in [1.82, 2.24) is 0 Å². The number of hydrogen-bond acceptors (Lipinski definition) is 5. The normalized spacial score (nSPS) is 11.4. The molecule has 0 heterocycles. The van der Waals surface area contributed by atoms with Crippen molar-refractivity contribution in [1.29, 1.82) is 0 Å². The van der Waals surface area contributed by atoms with Gasteiger partial charge in [-0.25, -0.2) is 4.79 Å². The monoisotopic (exact) mass is 396 g/mol. The number of halogens is 3. The number of hydrogen-bond donors (Lipinski definition) is 0. The van der Waals surface area contributed by atoms with Gasteiger partial charge in [0, 0.05) is 17.7 Å². The van der Waals surface area contributed by atoms with E-state index in [-0.39, 0.29) is 12.2 Å². The summed E-state index contributed by atoms with van der Waals surface area (Å²) in [6.07, 6.45) is -1.85. The van der Waals surface area contributed by atoms with Gasteiger partial charge in [0.05, 0.1) is 26.9 Å². The Balaban J connectivity index is 2.08. The van der Waals surface area contributed by atoms with E-state index in [9.17, 15) is 18.0 Å². The van der Waals surface area contributed by atoms with E-state index in [2.05, 4.69) is 0 Å². The zero-order valence-electron chi connectivity index (χ0n) is 15.5. The molecule has 0 aliphatic rings. The lowest BCUT2D eigenvalue weighted by molar-refractivity contribution is -0.138. The van der Waals surface area contributed by atoms with E-state index >= 15 is 0 Å². The van der Waals surface area contributed by atoms with Gasteiger partial charge in [0.2, 0.25) is 0 Å². The van der Waals surface area contributed by atoms with Gasteiger partial charge in [-0.3, -0.25) is 0 Å². The van der Waals surface area contributed by atoms with Gasteiger partial charge in [-0.05, 0) is 29.8 Å². The molecule has 0 fully saturated rings. The predicted molar refractivity (Wildman–Crippen MR) is 96.4 cm³/mol. The molecule has 2 aromatic rings. The standard InChI is InChI=1S/C20H19F3O5/c1-25-16-11-18(27-3)17(26-2)10-14(16)7-8-19(24)28-12-13-5-4-6-15(9-13)20(21,22)23/h4-11H,12H2,1-3H3/b8-7+. The molecule has 0 aromatic heterocycles. The molecule has 8 heteroatoms. The molecule has 0 aliphatic heterocycles. The molecule has 5 nitrogen and oxygen atoms in total. The second kappa shape index (κ2) is 9.16. The van der Waals surface area contributed by atoms with Crippen molar-refractivity contribution in [3.05, 3.63) is 59.2 Å². The molecule has 2 aromatic carbocycles. The van der Waals surface area contributed by atoms with E-state index in [1.165, 1.54) is 39.5 Å². The van der Waals surface area contributed by atoms with Crippen LogP contribution in [-0.2, 0) is 22.3 Å². The van der Waals surface area contributed by atoms with E-state index in [0.29, 0.717) is 22.8 Å². The van der Waals surface area contributed by atoms with Crippen LogP contribution in [0.1, 0.15) is 16.7 Å². The Morgan fingerprint density at radius 3 is 2.21 bits per heavy atom. The summed E-state index contributed by atoms with van der Waals surface area (Å²) in [7, 11) is 4.42. The Morgan fingerprint density at radius 2 is 1.61 bits per heavy atom. The van der Waals surface area contributed by atoms with E-state index in [1.54, 1.807) is 12.1 Å². The number of benzene rings is 2. The summed E-state index contributed by atoms with van der Waals surface area (Å²) in [5.74, 6) is 0.637. The minimum atomic E-state index is -4.45. The Hall–Kier alpha value is -3.16. The third-order valence-electron chi connectivity index (χ3n) is 3.77. The average Bonchev–Trinajstić information content (AvgIpc) is 2.69. The van der Waals surface area contributed by atoms with Crippen molar-refractivity contribution in [2.75, 3.05) is 21.3 Å². The summed E-state index contributed by atoms with van der Waals surface area (Å²) in [6.45, 7) is -0.282. The van der Waals surface area contributed by atoms with Crippen LogP contribution in [0.4, 0.5) is 13.2 Å². The van der Waals surface area contributed by atoms with Gasteiger partial charge in [-0.15, -0.1) is 0 Å². The summed E-state index contributed by atoms with van der Waals surface area (Å²) < 4.78 is 58.8. The number of alkyl halides is 3. The van der Waals surface area contributed by atoms with Crippen LogP contribution >= 0.6 is 0 Å². The maximum absolute atomic E-state index is 12.7. The molecule has 0 amide bonds. The third-order valence-corrected chi connectivity index (χ3v) is 3.77. The molecule has 0 saturated carbocycles. The minimum absolute atomic E-state index is 0.236. The maximum atomic E-state index is 12.7. The Bertz CT molecular complexity index is 859. The molecule has 0 saturated heterocycles. The molecule has 0 unspecified atom stereocenters. The number of methoxy groups -OCH3 is 3. The maximum Gasteiger partial charge on any atom is 0.416 e. The molecule has 0 aliphatic carbocycles. The van der Waals surface area contributed by atoms with Gasteiger partial charge in [0.25, 0.3) is 0 Å². The summed E-state index contributed by atoms with van der Waals surface area (Å²) >= 11 is 0. The minimum Gasteiger partial charge on any atom is -0.496 e. The first-order valence-electron chi connectivity index (χ1n) is 8.09. The molecule has 0 radical (unpaired) electrons. The van der Waals surface area contributed by atoms with E-state index in [4.69, 9.17) is 18.9 Å². The topological polar surface area (TPSA) is 54.0 Å². The Labute approximate surface area is 160 Å². The third kappa shape index (κ3) is 5.42. The van der Waals surface area contributed by atoms with Crippen LogP contribution in [0.25, 0.3) is 6.08 Å². The van der Waals surface area contributed by atoms with Crippen LogP contribution in [0, 0.1) is 0 Å². The highest BCUT2D eigenvalue weighted by Crippen LogP contribution is 2.35. The van der Waals surface area contributed by atoms with Gasteiger partial charge < -0.3 is 18.9 Å². The van der Waals surface area contributed by atoms with Crippen molar-refractivity contribution >= 4 is 12.0 Å². The van der Waals surface area contributed by atoms with Gasteiger partial charge in [-0.2, -0.15) is 13.2 Å². The molecule has 0 N–H and O–H groups in total. The van der Waals surface area contributed by atoms with Crippen LogP contribution in [-0.4, -0.2) is 27.3 Å². The zero-order chi connectivity index (χ0) is 20.7. The van der Waals surface area contributed by atoms with E-state index < -0.39 is 17.7 Å². The van der Waals surface area contributed by atoms with E-state index in [0.717, 1.165) is 18.2 Å². The van der Waals surface area contributed by atoms with Crippen molar-refractivity contribution in [3.63, 3.8) is 0 Å². The van der Waals surface area contributed by atoms with Crippen molar-refractivity contribution < 1.29 is 36.9 Å². The second-order valence-electron chi connectivity index (χ2n) is 5.59. The van der Waals surface area contributed by atoms with Gasteiger partial charge in [-0.1, -0.05) is 12.1 Å². The number of carbonyl (C=O) groups is 1. The molecular weight excluding hydrogens is 377 g/mol. The lowest BCUT2D eigenvalue weighted by Crippen LogP contribution is -2.06. The second-order valence-corrected chi connectivity index (χ2v) is 5.59. The summed E-state index contributed by atoms with van der Waals surface area (Å²) in [4.78, 5) is 11.9.